The Morgan fingerprint density at radius 3 is 2.62 bits per heavy atom. The second-order valence-corrected chi connectivity index (χ2v) is 6.42. The fourth-order valence-electron chi connectivity index (χ4n) is 1.74. The number of methoxy groups -OCH3 is 1. The molecule has 7 nitrogen and oxygen atoms in total. The van der Waals surface area contributed by atoms with Gasteiger partial charge in [0.2, 0.25) is 15.9 Å². The van der Waals surface area contributed by atoms with Crippen LogP contribution in [0.2, 0.25) is 0 Å². The number of carbonyl (C=O) groups excluding carboxylic acids is 1. The lowest BCUT2D eigenvalue weighted by Crippen LogP contribution is -2.35. The topological polar surface area (TPSA) is 111 Å². The van der Waals surface area contributed by atoms with Crippen LogP contribution in [0.4, 0.5) is 11.4 Å². The van der Waals surface area contributed by atoms with E-state index in [9.17, 15) is 13.2 Å². The summed E-state index contributed by atoms with van der Waals surface area (Å²) in [5.41, 5.74) is 6.42. The first-order chi connectivity index (χ1) is 9.76. The van der Waals surface area contributed by atoms with Crippen LogP contribution in [0.3, 0.4) is 0 Å². The molecular weight excluding hydrogens is 294 g/mol. The van der Waals surface area contributed by atoms with E-state index in [0.29, 0.717) is 17.9 Å². The number of sulfonamides is 1. The standard InChI is InChI=1S/C13H21N3O4S/c1-4-5-10(14)13(17)15-9-6-7-12(20-2)11(8-9)16-21(3,18)19/h6-8,10,16H,4-5,14H2,1-3H3,(H,15,17). The van der Waals surface area contributed by atoms with Gasteiger partial charge in [0.1, 0.15) is 5.75 Å². The molecule has 0 aliphatic rings. The molecule has 1 unspecified atom stereocenters. The van der Waals surface area contributed by atoms with Crippen LogP contribution in [-0.2, 0) is 14.8 Å². The lowest BCUT2D eigenvalue weighted by Gasteiger charge is -2.14. The zero-order chi connectivity index (χ0) is 16.0. The summed E-state index contributed by atoms with van der Waals surface area (Å²) in [6.45, 7) is 1.94. The van der Waals surface area contributed by atoms with Crippen molar-refractivity contribution in [3.63, 3.8) is 0 Å². The van der Waals surface area contributed by atoms with Crippen LogP contribution < -0.4 is 20.5 Å². The Bertz CT molecular complexity index is 601. The fourth-order valence-corrected chi connectivity index (χ4v) is 2.30. The first-order valence-electron chi connectivity index (χ1n) is 6.49. The molecule has 0 heterocycles. The molecule has 1 aromatic rings. The van der Waals surface area contributed by atoms with Crippen LogP contribution in [0.1, 0.15) is 19.8 Å². The van der Waals surface area contributed by atoms with Crippen LogP contribution in [0, 0.1) is 0 Å². The van der Waals surface area contributed by atoms with E-state index in [0.717, 1.165) is 12.7 Å². The molecule has 1 rings (SSSR count). The largest absolute Gasteiger partial charge is 0.495 e. The summed E-state index contributed by atoms with van der Waals surface area (Å²) >= 11 is 0. The number of nitrogens with two attached hydrogens (primary N) is 1. The number of amides is 1. The summed E-state index contributed by atoms with van der Waals surface area (Å²) in [5.74, 6) is 0.0450. The van der Waals surface area contributed by atoms with Crippen molar-refractivity contribution in [3.8, 4) is 5.75 Å². The molecule has 1 atom stereocenters. The molecule has 0 aromatic heterocycles. The molecule has 0 spiro atoms. The van der Waals surface area contributed by atoms with Crippen LogP contribution >= 0.6 is 0 Å². The molecule has 1 amide bonds. The molecule has 118 valence electrons. The van der Waals surface area contributed by atoms with Gasteiger partial charge < -0.3 is 15.8 Å². The third-order valence-corrected chi connectivity index (χ3v) is 3.29. The number of hydrogen-bond acceptors (Lipinski definition) is 5. The quantitative estimate of drug-likeness (QED) is 0.698. The smallest absolute Gasteiger partial charge is 0.241 e. The molecule has 21 heavy (non-hydrogen) atoms. The molecule has 0 bridgehead atoms. The Kier molecular flexibility index (Phi) is 5.98. The highest BCUT2D eigenvalue weighted by Crippen LogP contribution is 2.28. The number of hydrogen-bond donors (Lipinski definition) is 3. The maximum Gasteiger partial charge on any atom is 0.241 e. The average Bonchev–Trinajstić information content (AvgIpc) is 2.37. The maximum atomic E-state index is 11.8. The molecule has 0 radical (unpaired) electrons. The number of anilines is 2. The maximum absolute atomic E-state index is 11.8. The second-order valence-electron chi connectivity index (χ2n) is 4.67. The van der Waals surface area contributed by atoms with Crippen molar-refractivity contribution in [3.05, 3.63) is 18.2 Å². The highest BCUT2D eigenvalue weighted by atomic mass is 32.2. The Morgan fingerprint density at radius 2 is 2.10 bits per heavy atom. The number of rotatable bonds is 7. The average molecular weight is 315 g/mol. The summed E-state index contributed by atoms with van der Waals surface area (Å²) in [4.78, 5) is 11.8. The zero-order valence-corrected chi connectivity index (χ0v) is 13.2. The van der Waals surface area contributed by atoms with Crippen molar-refractivity contribution in [2.75, 3.05) is 23.4 Å². The van der Waals surface area contributed by atoms with Gasteiger partial charge in [0.05, 0.1) is 25.1 Å². The van der Waals surface area contributed by atoms with E-state index in [1.807, 2.05) is 6.92 Å². The van der Waals surface area contributed by atoms with Gasteiger partial charge in [-0.05, 0) is 24.6 Å². The Hall–Kier alpha value is -1.80. The summed E-state index contributed by atoms with van der Waals surface area (Å²) in [6, 6.07) is 4.07. The lowest BCUT2D eigenvalue weighted by molar-refractivity contribution is -0.117. The fraction of sp³-hybridized carbons (Fsp3) is 0.462. The summed E-state index contributed by atoms with van der Waals surface area (Å²) in [5, 5.41) is 2.65. The van der Waals surface area contributed by atoms with Gasteiger partial charge in [0.15, 0.2) is 0 Å². The Labute approximate surface area is 124 Å². The van der Waals surface area contributed by atoms with Gasteiger partial charge in [0.25, 0.3) is 0 Å². The molecule has 1 aromatic carbocycles. The van der Waals surface area contributed by atoms with Gasteiger partial charge in [-0.2, -0.15) is 0 Å². The predicted molar refractivity (Wildman–Crippen MR) is 83.0 cm³/mol. The number of carbonyl (C=O) groups is 1. The van der Waals surface area contributed by atoms with Crippen LogP contribution in [0.5, 0.6) is 5.75 Å². The van der Waals surface area contributed by atoms with Crippen molar-refractivity contribution in [2.24, 2.45) is 5.73 Å². The predicted octanol–water partition coefficient (Wildman–Crippen LogP) is 1.13. The van der Waals surface area contributed by atoms with E-state index in [1.54, 1.807) is 12.1 Å². The lowest BCUT2D eigenvalue weighted by atomic mass is 10.1. The molecule has 8 heteroatoms. The van der Waals surface area contributed by atoms with Gasteiger partial charge >= 0.3 is 0 Å². The minimum Gasteiger partial charge on any atom is -0.495 e. The molecule has 0 fully saturated rings. The van der Waals surface area contributed by atoms with Crippen molar-refractivity contribution in [2.45, 2.75) is 25.8 Å². The minimum atomic E-state index is -3.45. The van der Waals surface area contributed by atoms with E-state index in [1.165, 1.54) is 13.2 Å². The SMILES string of the molecule is CCCC(N)C(=O)Nc1ccc(OC)c(NS(C)(=O)=O)c1. The molecule has 4 N–H and O–H groups in total. The zero-order valence-electron chi connectivity index (χ0n) is 12.3. The normalized spacial score (nSPS) is 12.6. The van der Waals surface area contributed by atoms with Crippen molar-refractivity contribution < 1.29 is 17.9 Å². The van der Waals surface area contributed by atoms with Gasteiger partial charge in [-0.25, -0.2) is 8.42 Å². The summed E-state index contributed by atoms with van der Waals surface area (Å²) < 4.78 is 30.0. The van der Waals surface area contributed by atoms with Gasteiger partial charge in [0, 0.05) is 5.69 Å². The molecule has 0 aliphatic carbocycles. The van der Waals surface area contributed by atoms with E-state index >= 15 is 0 Å². The first kappa shape index (κ1) is 17.3. The van der Waals surface area contributed by atoms with E-state index in [2.05, 4.69) is 10.0 Å². The van der Waals surface area contributed by atoms with Crippen molar-refractivity contribution in [1.82, 2.24) is 0 Å². The highest BCUT2D eigenvalue weighted by molar-refractivity contribution is 7.92. The molecule has 0 aliphatic heterocycles. The Balaban J connectivity index is 2.95. The van der Waals surface area contributed by atoms with E-state index < -0.39 is 16.1 Å². The molecule has 0 saturated heterocycles. The van der Waals surface area contributed by atoms with Gasteiger partial charge in [-0.15, -0.1) is 0 Å². The second kappa shape index (κ2) is 7.28. The monoisotopic (exact) mass is 315 g/mol. The van der Waals surface area contributed by atoms with Crippen molar-refractivity contribution >= 4 is 27.3 Å². The highest BCUT2D eigenvalue weighted by Gasteiger charge is 2.14. The first-order valence-corrected chi connectivity index (χ1v) is 8.38. The minimum absolute atomic E-state index is 0.252. The van der Waals surface area contributed by atoms with E-state index in [4.69, 9.17) is 10.5 Å². The molecule has 0 saturated carbocycles. The third kappa shape index (κ3) is 5.60. The van der Waals surface area contributed by atoms with Crippen LogP contribution in [0.15, 0.2) is 18.2 Å². The van der Waals surface area contributed by atoms with Crippen LogP contribution in [0.25, 0.3) is 0 Å². The van der Waals surface area contributed by atoms with Crippen molar-refractivity contribution in [1.29, 1.82) is 0 Å². The Morgan fingerprint density at radius 1 is 1.43 bits per heavy atom. The van der Waals surface area contributed by atoms with Gasteiger partial charge in [-0.3, -0.25) is 9.52 Å². The van der Waals surface area contributed by atoms with E-state index in [-0.39, 0.29) is 11.6 Å². The van der Waals surface area contributed by atoms with Crippen LogP contribution in [-0.4, -0.2) is 33.7 Å². The number of benzene rings is 1. The third-order valence-electron chi connectivity index (χ3n) is 2.70. The molecular formula is C13H21N3O4S. The number of ether oxygens (including phenoxy) is 1. The van der Waals surface area contributed by atoms with Gasteiger partial charge in [-0.1, -0.05) is 13.3 Å². The summed E-state index contributed by atoms with van der Waals surface area (Å²) in [7, 11) is -2.02. The number of nitrogens with one attached hydrogen (secondary N) is 2. The summed E-state index contributed by atoms with van der Waals surface area (Å²) in [6.07, 6.45) is 2.42.